The van der Waals surface area contributed by atoms with Crippen molar-refractivity contribution in [3.05, 3.63) is 95.6 Å². The van der Waals surface area contributed by atoms with Crippen LogP contribution in [-0.4, -0.2) is 33.4 Å². The van der Waals surface area contributed by atoms with E-state index in [-0.39, 0.29) is 24.2 Å². The fourth-order valence-corrected chi connectivity index (χ4v) is 4.65. The maximum Gasteiger partial charge on any atom is 0.169 e. The third-order valence-corrected chi connectivity index (χ3v) is 6.46. The number of carbonyl (C=O) groups excluding carboxylic acids is 1. The maximum absolute atomic E-state index is 12.9. The van der Waals surface area contributed by atoms with Crippen LogP contribution in [0.3, 0.4) is 0 Å². The van der Waals surface area contributed by atoms with Crippen LogP contribution in [0, 0.1) is 17.2 Å². The molecular formula is C28H21N5O3. The van der Waals surface area contributed by atoms with Gasteiger partial charge in [0.15, 0.2) is 23.0 Å². The molecule has 2 aliphatic heterocycles. The Morgan fingerprint density at radius 3 is 2.92 bits per heavy atom. The van der Waals surface area contributed by atoms with Gasteiger partial charge in [0.2, 0.25) is 0 Å². The van der Waals surface area contributed by atoms with E-state index in [9.17, 15) is 10.1 Å². The quantitative estimate of drug-likeness (QED) is 0.556. The molecule has 1 aromatic carbocycles. The first kappa shape index (κ1) is 21.7. The van der Waals surface area contributed by atoms with Crippen molar-refractivity contribution >= 4 is 23.9 Å². The number of benzene rings is 1. The summed E-state index contributed by atoms with van der Waals surface area (Å²) in [6, 6.07) is 9.68. The number of ketones is 1. The average Bonchev–Trinajstić information content (AvgIpc) is 3.34. The molecule has 176 valence electrons. The van der Waals surface area contributed by atoms with Crippen molar-refractivity contribution in [3.8, 4) is 17.6 Å². The second kappa shape index (κ2) is 9.12. The summed E-state index contributed by atoms with van der Waals surface area (Å²) in [5.74, 6) is 1.39. The smallest absolute Gasteiger partial charge is 0.169 e. The van der Waals surface area contributed by atoms with Crippen LogP contribution in [0.2, 0.25) is 0 Å². The second-order valence-corrected chi connectivity index (χ2v) is 8.76. The summed E-state index contributed by atoms with van der Waals surface area (Å²) in [5, 5.41) is 9.63. The van der Waals surface area contributed by atoms with E-state index in [1.165, 1.54) is 0 Å². The molecule has 1 saturated carbocycles. The molecular weight excluding hydrogens is 454 g/mol. The minimum absolute atomic E-state index is 0.0468. The summed E-state index contributed by atoms with van der Waals surface area (Å²) in [5.41, 5.74) is 3.46. The van der Waals surface area contributed by atoms with Crippen LogP contribution in [-0.2, 0) is 4.79 Å². The van der Waals surface area contributed by atoms with Crippen LogP contribution in [0.5, 0.6) is 11.5 Å². The summed E-state index contributed by atoms with van der Waals surface area (Å²) in [7, 11) is 0. The number of nitriles is 1. The van der Waals surface area contributed by atoms with Gasteiger partial charge in [-0.1, -0.05) is 24.3 Å². The molecule has 2 unspecified atom stereocenters. The summed E-state index contributed by atoms with van der Waals surface area (Å²) < 4.78 is 14.5. The van der Waals surface area contributed by atoms with Gasteiger partial charge >= 0.3 is 0 Å². The number of ether oxygens (including phenoxy) is 2. The van der Waals surface area contributed by atoms with Crippen molar-refractivity contribution in [2.75, 3.05) is 0 Å². The molecule has 36 heavy (non-hydrogen) atoms. The second-order valence-electron chi connectivity index (χ2n) is 8.76. The highest BCUT2D eigenvalue weighted by Crippen LogP contribution is 2.38. The van der Waals surface area contributed by atoms with E-state index in [0.29, 0.717) is 41.4 Å². The van der Waals surface area contributed by atoms with E-state index in [0.717, 1.165) is 16.8 Å². The zero-order valence-corrected chi connectivity index (χ0v) is 19.2. The number of aromatic nitrogens is 2. The number of hydrogen-bond acceptors (Lipinski definition) is 7. The largest absolute Gasteiger partial charge is 0.486 e. The minimum atomic E-state index is -0.309. The molecule has 2 atom stereocenters. The standard InChI is InChI=1S/C28H21N5O3/c29-13-20-11-18-6-8-23(20)27-28(18)36-26-4-2-1-3-25(26)35-22-7-5-19(24(34)12-22)16-33-17-31-15-21(33)14-30-9-10-32-27/h1-4,6,8-11,14-17,22-23H,5,7,12H2. The highest BCUT2D eigenvalue weighted by Gasteiger charge is 2.33. The van der Waals surface area contributed by atoms with E-state index < -0.39 is 0 Å². The fourth-order valence-electron chi connectivity index (χ4n) is 4.65. The van der Waals surface area contributed by atoms with E-state index in [4.69, 9.17) is 9.47 Å². The number of nitrogens with zero attached hydrogens (tertiary/aromatic N) is 5. The van der Waals surface area contributed by atoms with Gasteiger partial charge in [-0.05, 0) is 31.1 Å². The molecule has 8 rings (SSSR count). The number of Topliss-reactive ketones (excluding diaryl/α,β-unsaturated/α-hetero) is 1. The Morgan fingerprint density at radius 2 is 2.06 bits per heavy atom. The lowest BCUT2D eigenvalue weighted by Crippen LogP contribution is -2.29. The van der Waals surface area contributed by atoms with Crippen LogP contribution < -0.4 is 9.47 Å². The number of carbonyl (C=O) groups is 1. The Bertz CT molecular complexity index is 1510. The van der Waals surface area contributed by atoms with E-state index in [1.54, 1.807) is 35.7 Å². The molecule has 8 nitrogen and oxygen atoms in total. The van der Waals surface area contributed by atoms with Crippen LogP contribution in [0.25, 0.3) is 6.20 Å². The van der Waals surface area contributed by atoms with Gasteiger partial charge in [0.25, 0.3) is 0 Å². The Labute approximate surface area is 207 Å². The number of hydrogen-bond donors (Lipinski definition) is 0. The maximum atomic E-state index is 12.9. The molecule has 8 heteroatoms. The lowest BCUT2D eigenvalue weighted by atomic mass is 9.80. The lowest BCUT2D eigenvalue weighted by Gasteiger charge is -2.29. The first-order chi connectivity index (χ1) is 17.7. The molecule has 0 spiro atoms. The van der Waals surface area contributed by atoms with Gasteiger partial charge in [0.05, 0.1) is 42.1 Å². The molecule has 1 aromatic heterocycles. The monoisotopic (exact) mass is 475 g/mol. The Hall–Kier alpha value is -4.77. The van der Waals surface area contributed by atoms with Crippen LogP contribution in [0.15, 0.2) is 99.9 Å². The van der Waals surface area contributed by atoms with E-state index in [2.05, 4.69) is 21.0 Å². The van der Waals surface area contributed by atoms with Gasteiger partial charge in [-0.2, -0.15) is 5.26 Å². The van der Waals surface area contributed by atoms with Crippen molar-refractivity contribution < 1.29 is 14.3 Å². The van der Waals surface area contributed by atoms with Gasteiger partial charge < -0.3 is 14.0 Å². The number of para-hydroxylation sites is 2. The predicted octanol–water partition coefficient (Wildman–Crippen LogP) is 4.55. The van der Waals surface area contributed by atoms with Gasteiger partial charge in [-0.25, -0.2) is 4.98 Å². The van der Waals surface area contributed by atoms with E-state index in [1.807, 2.05) is 48.7 Å². The summed E-state index contributed by atoms with van der Waals surface area (Å²) >= 11 is 0. The SMILES string of the molecule is N#CC1=CC2=C3Oc4ccccc4OC4CCC(=Cn5cncc5C=NC=CN=C3C1C=C2)C(=O)C4. The Kier molecular flexibility index (Phi) is 5.51. The zero-order chi connectivity index (χ0) is 24.5. The first-order valence-corrected chi connectivity index (χ1v) is 11.7. The van der Waals surface area contributed by atoms with Crippen molar-refractivity contribution in [2.45, 2.75) is 25.4 Å². The third-order valence-electron chi connectivity index (χ3n) is 6.46. The molecule has 1 fully saturated rings. The molecule has 2 aromatic rings. The number of rotatable bonds is 0. The van der Waals surface area contributed by atoms with Crippen LogP contribution in [0.1, 0.15) is 25.0 Å². The molecule has 4 bridgehead atoms. The predicted molar refractivity (Wildman–Crippen MR) is 134 cm³/mol. The zero-order valence-electron chi connectivity index (χ0n) is 19.2. The molecule has 0 saturated heterocycles. The molecule has 0 amide bonds. The molecule has 6 aliphatic rings. The number of fused-ring (bicyclic) bond motifs is 4. The lowest BCUT2D eigenvalue weighted by molar-refractivity contribution is -0.118. The summed E-state index contributed by atoms with van der Waals surface area (Å²) in [6.45, 7) is 0. The van der Waals surface area contributed by atoms with Crippen molar-refractivity contribution in [2.24, 2.45) is 15.9 Å². The topological polar surface area (TPSA) is 102 Å². The normalized spacial score (nSPS) is 22.6. The number of imidazole rings is 1. The highest BCUT2D eigenvalue weighted by molar-refractivity contribution is 6.08. The van der Waals surface area contributed by atoms with Crippen molar-refractivity contribution in [3.63, 3.8) is 0 Å². The van der Waals surface area contributed by atoms with Crippen molar-refractivity contribution in [1.29, 1.82) is 5.26 Å². The minimum Gasteiger partial charge on any atom is -0.486 e. The third kappa shape index (κ3) is 4.01. The summed E-state index contributed by atoms with van der Waals surface area (Å²) in [4.78, 5) is 26.1. The van der Waals surface area contributed by atoms with E-state index >= 15 is 0 Å². The number of allylic oxidation sites excluding steroid dienone is 7. The highest BCUT2D eigenvalue weighted by atomic mass is 16.5. The first-order valence-electron chi connectivity index (χ1n) is 11.7. The van der Waals surface area contributed by atoms with Crippen molar-refractivity contribution in [1.82, 2.24) is 9.55 Å². The fraction of sp³-hybridized carbons (Fsp3) is 0.179. The van der Waals surface area contributed by atoms with Crippen LogP contribution >= 0.6 is 0 Å². The van der Waals surface area contributed by atoms with Gasteiger partial charge in [-0.3, -0.25) is 14.8 Å². The van der Waals surface area contributed by atoms with Gasteiger partial charge in [-0.15, -0.1) is 0 Å². The molecule has 0 radical (unpaired) electrons. The number of aliphatic imine (C=N–C) groups is 2. The average molecular weight is 476 g/mol. The van der Waals surface area contributed by atoms with Gasteiger partial charge in [0, 0.05) is 41.7 Å². The van der Waals surface area contributed by atoms with Crippen LogP contribution in [0.4, 0.5) is 0 Å². The van der Waals surface area contributed by atoms with Gasteiger partial charge in [0.1, 0.15) is 6.10 Å². The molecule has 4 aliphatic carbocycles. The Morgan fingerprint density at radius 1 is 1.17 bits per heavy atom. The summed E-state index contributed by atoms with van der Waals surface area (Å²) in [6.07, 6.45) is 17.0. The molecule has 3 heterocycles. The Balaban J connectivity index is 1.45. The molecule has 0 N–H and O–H groups in total.